The van der Waals surface area contributed by atoms with E-state index in [1.165, 1.54) is 22.3 Å². The van der Waals surface area contributed by atoms with Crippen molar-refractivity contribution < 1.29 is 9.53 Å². The van der Waals surface area contributed by atoms with Crippen molar-refractivity contribution in [1.29, 1.82) is 0 Å². The Hall–Kier alpha value is -2.72. The van der Waals surface area contributed by atoms with Crippen molar-refractivity contribution in [1.82, 2.24) is 30.4 Å². The smallest absolute Gasteiger partial charge is 0.259 e. The Balaban J connectivity index is 1.62. The molecule has 1 amide bonds. The molecule has 1 aliphatic heterocycles. The van der Waals surface area contributed by atoms with Crippen LogP contribution in [0.25, 0.3) is 5.69 Å². The summed E-state index contributed by atoms with van der Waals surface area (Å²) in [7, 11) is 0. The van der Waals surface area contributed by atoms with Crippen molar-refractivity contribution in [2.75, 3.05) is 11.9 Å². The highest BCUT2D eigenvalue weighted by Crippen LogP contribution is 2.32. The second-order valence-electron chi connectivity index (χ2n) is 6.06. The van der Waals surface area contributed by atoms with Gasteiger partial charge in [-0.1, -0.05) is 17.4 Å². The first-order valence-electron chi connectivity index (χ1n) is 8.23. The largest absolute Gasteiger partial charge is 0.371 e. The summed E-state index contributed by atoms with van der Waals surface area (Å²) >= 11 is 1.34. The SMILES string of the molecule is Cc1ccc(C(=O)Nc2nnc([C@@H]3CCCO3)s2)c(-n2cnnn2)c1C. The van der Waals surface area contributed by atoms with Gasteiger partial charge in [0.05, 0.1) is 11.3 Å². The molecule has 0 spiro atoms. The van der Waals surface area contributed by atoms with Gasteiger partial charge in [-0.25, -0.2) is 0 Å². The number of carbonyl (C=O) groups is 1. The van der Waals surface area contributed by atoms with Crippen molar-refractivity contribution >= 4 is 22.4 Å². The van der Waals surface area contributed by atoms with Gasteiger partial charge in [0.25, 0.3) is 5.91 Å². The number of nitrogens with zero attached hydrogens (tertiary/aromatic N) is 6. The van der Waals surface area contributed by atoms with E-state index in [1.807, 2.05) is 19.9 Å². The Kier molecular flexibility index (Phi) is 4.43. The highest BCUT2D eigenvalue weighted by molar-refractivity contribution is 7.15. The number of tetrazole rings is 1. The van der Waals surface area contributed by atoms with Gasteiger partial charge >= 0.3 is 0 Å². The Morgan fingerprint density at radius 2 is 2.23 bits per heavy atom. The average molecular weight is 371 g/mol. The van der Waals surface area contributed by atoms with E-state index < -0.39 is 0 Å². The maximum Gasteiger partial charge on any atom is 0.259 e. The molecule has 26 heavy (non-hydrogen) atoms. The molecule has 0 bridgehead atoms. The number of hydrogen-bond acceptors (Lipinski definition) is 8. The topological polar surface area (TPSA) is 108 Å². The highest BCUT2D eigenvalue weighted by Gasteiger charge is 2.23. The van der Waals surface area contributed by atoms with Gasteiger partial charge in [-0.3, -0.25) is 10.1 Å². The molecule has 134 valence electrons. The van der Waals surface area contributed by atoms with Crippen LogP contribution in [0.2, 0.25) is 0 Å². The molecule has 1 atom stereocenters. The van der Waals surface area contributed by atoms with Gasteiger partial charge in [-0.15, -0.1) is 15.3 Å². The number of rotatable bonds is 4. The quantitative estimate of drug-likeness (QED) is 0.749. The summed E-state index contributed by atoms with van der Waals surface area (Å²) in [5.41, 5.74) is 3.09. The van der Waals surface area contributed by atoms with Crippen LogP contribution in [0.3, 0.4) is 0 Å². The van der Waals surface area contributed by atoms with E-state index in [-0.39, 0.29) is 12.0 Å². The second kappa shape index (κ2) is 6.89. The lowest BCUT2D eigenvalue weighted by Crippen LogP contribution is -2.16. The molecule has 1 aromatic carbocycles. The lowest BCUT2D eigenvalue weighted by Gasteiger charge is -2.13. The van der Waals surface area contributed by atoms with Crippen molar-refractivity contribution in [2.24, 2.45) is 0 Å². The fraction of sp³-hybridized carbons (Fsp3) is 0.375. The lowest BCUT2D eigenvalue weighted by molar-refractivity contribution is 0.102. The maximum absolute atomic E-state index is 12.8. The minimum Gasteiger partial charge on any atom is -0.371 e. The van der Waals surface area contributed by atoms with Crippen LogP contribution in [-0.2, 0) is 4.74 Å². The molecular formula is C16H17N7O2S. The van der Waals surface area contributed by atoms with Crippen LogP contribution in [-0.4, -0.2) is 42.9 Å². The third-order valence-electron chi connectivity index (χ3n) is 4.39. The van der Waals surface area contributed by atoms with Gasteiger partial charge in [0.15, 0.2) is 0 Å². The molecule has 2 aromatic heterocycles. The number of hydrogen-bond donors (Lipinski definition) is 1. The molecule has 4 rings (SSSR count). The summed E-state index contributed by atoms with van der Waals surface area (Å²) in [4.78, 5) is 12.8. The number of nitrogens with one attached hydrogen (secondary N) is 1. The summed E-state index contributed by atoms with van der Waals surface area (Å²) < 4.78 is 7.10. The molecule has 1 saturated heterocycles. The Labute approximate surface area is 153 Å². The summed E-state index contributed by atoms with van der Waals surface area (Å²) in [6.45, 7) is 4.65. The molecule has 0 saturated carbocycles. The molecule has 3 heterocycles. The minimum atomic E-state index is -0.284. The van der Waals surface area contributed by atoms with Crippen molar-refractivity contribution in [2.45, 2.75) is 32.8 Å². The van der Waals surface area contributed by atoms with Crippen molar-refractivity contribution in [3.63, 3.8) is 0 Å². The molecule has 0 radical (unpaired) electrons. The number of aryl methyl sites for hydroxylation is 1. The molecule has 0 aliphatic carbocycles. The molecule has 9 nitrogen and oxygen atoms in total. The van der Waals surface area contributed by atoms with Crippen LogP contribution >= 0.6 is 11.3 Å². The molecule has 1 aliphatic rings. The normalized spacial score (nSPS) is 16.8. The highest BCUT2D eigenvalue weighted by atomic mass is 32.1. The van der Waals surface area contributed by atoms with E-state index in [0.29, 0.717) is 16.4 Å². The zero-order chi connectivity index (χ0) is 18.1. The molecule has 3 aromatic rings. The average Bonchev–Trinajstić information content (AvgIpc) is 3.39. The van der Waals surface area contributed by atoms with Crippen LogP contribution in [0.4, 0.5) is 5.13 Å². The molecular weight excluding hydrogens is 354 g/mol. The van der Waals surface area contributed by atoms with Gasteiger partial charge in [0.2, 0.25) is 5.13 Å². The minimum absolute atomic E-state index is 0.0171. The predicted molar refractivity (Wildman–Crippen MR) is 94.4 cm³/mol. The van der Waals surface area contributed by atoms with E-state index >= 15 is 0 Å². The van der Waals surface area contributed by atoms with Gasteiger partial charge in [-0.2, -0.15) is 4.68 Å². The van der Waals surface area contributed by atoms with Crippen LogP contribution in [0, 0.1) is 13.8 Å². The summed E-state index contributed by atoms with van der Waals surface area (Å²) in [6, 6.07) is 3.66. The lowest BCUT2D eigenvalue weighted by atomic mass is 10.0. The number of amides is 1. The van der Waals surface area contributed by atoms with Crippen molar-refractivity contribution in [3.05, 3.63) is 40.2 Å². The Morgan fingerprint density at radius 1 is 1.35 bits per heavy atom. The number of carbonyl (C=O) groups excluding carboxylic acids is 1. The third-order valence-corrected chi connectivity index (χ3v) is 5.32. The van der Waals surface area contributed by atoms with Gasteiger partial charge in [0, 0.05) is 6.61 Å². The van der Waals surface area contributed by atoms with E-state index in [2.05, 4.69) is 31.0 Å². The standard InChI is InChI=1S/C16H17N7O2S/c1-9-5-6-11(13(10(9)2)23-8-17-21-22-23)14(24)18-16-20-19-15(26-16)12-4-3-7-25-12/h5-6,8,12H,3-4,7H2,1-2H3,(H,18,20,24)/t12-/m0/s1. The van der Waals surface area contributed by atoms with Crippen molar-refractivity contribution in [3.8, 4) is 5.69 Å². The Bertz CT molecular complexity index is 932. The number of benzene rings is 1. The Morgan fingerprint density at radius 3 is 2.96 bits per heavy atom. The second-order valence-corrected chi connectivity index (χ2v) is 7.07. The fourth-order valence-corrected chi connectivity index (χ4v) is 3.72. The van der Waals surface area contributed by atoms with Crippen LogP contribution in [0.15, 0.2) is 18.5 Å². The van der Waals surface area contributed by atoms with E-state index in [4.69, 9.17) is 4.74 Å². The molecule has 1 fully saturated rings. The third kappa shape index (κ3) is 3.08. The first-order valence-corrected chi connectivity index (χ1v) is 9.05. The number of anilines is 1. The van der Waals surface area contributed by atoms with Gasteiger partial charge < -0.3 is 4.74 Å². The zero-order valence-electron chi connectivity index (χ0n) is 14.3. The summed E-state index contributed by atoms with van der Waals surface area (Å²) in [6.07, 6.45) is 3.41. The summed E-state index contributed by atoms with van der Waals surface area (Å²) in [5, 5.41) is 23.5. The van der Waals surface area contributed by atoms with E-state index in [0.717, 1.165) is 35.6 Å². The molecule has 1 N–H and O–H groups in total. The number of ether oxygens (including phenoxy) is 1. The maximum atomic E-state index is 12.8. The molecule has 10 heteroatoms. The molecule has 0 unspecified atom stereocenters. The fourth-order valence-electron chi connectivity index (χ4n) is 2.90. The van der Waals surface area contributed by atoms with Crippen LogP contribution < -0.4 is 5.32 Å². The predicted octanol–water partition coefficient (Wildman–Crippen LogP) is 2.23. The zero-order valence-corrected chi connectivity index (χ0v) is 15.2. The van der Waals surface area contributed by atoms with Gasteiger partial charge in [0.1, 0.15) is 17.4 Å². The van der Waals surface area contributed by atoms with E-state index in [9.17, 15) is 4.79 Å². The van der Waals surface area contributed by atoms with Gasteiger partial charge in [-0.05, 0) is 54.3 Å². The van der Waals surface area contributed by atoms with Crippen LogP contribution in [0.5, 0.6) is 0 Å². The monoisotopic (exact) mass is 371 g/mol. The van der Waals surface area contributed by atoms with E-state index in [1.54, 1.807) is 6.07 Å². The first kappa shape index (κ1) is 16.7. The van der Waals surface area contributed by atoms with Crippen LogP contribution in [0.1, 0.15) is 45.4 Å². The number of aromatic nitrogens is 6. The first-order chi connectivity index (χ1) is 12.6. The summed E-state index contributed by atoms with van der Waals surface area (Å²) in [5.74, 6) is -0.284.